The molecule has 7 heteroatoms. The number of anilines is 1. The first-order valence-electron chi connectivity index (χ1n) is 7.04. The van der Waals surface area contributed by atoms with Crippen molar-refractivity contribution in [2.45, 2.75) is 13.3 Å². The summed E-state index contributed by atoms with van der Waals surface area (Å²) < 4.78 is 1.42. The maximum atomic E-state index is 12.2. The lowest BCUT2D eigenvalue weighted by molar-refractivity contribution is -0.116. The van der Waals surface area contributed by atoms with Crippen LogP contribution in [0.1, 0.15) is 13.3 Å². The summed E-state index contributed by atoms with van der Waals surface area (Å²) in [5, 5.41) is 0. The normalized spacial score (nSPS) is 10.5. The maximum Gasteiger partial charge on any atom is 0.255 e. The Morgan fingerprint density at radius 1 is 1.36 bits per heavy atom. The van der Waals surface area contributed by atoms with Crippen molar-refractivity contribution in [3.05, 3.63) is 40.9 Å². The van der Waals surface area contributed by atoms with Crippen molar-refractivity contribution in [3.8, 4) is 11.3 Å². The molecule has 2 heterocycles. The fourth-order valence-electron chi connectivity index (χ4n) is 2.19. The highest BCUT2D eigenvalue weighted by molar-refractivity contribution is 5.79. The molecule has 2 N–H and O–H groups in total. The van der Waals surface area contributed by atoms with Gasteiger partial charge >= 0.3 is 0 Å². The second kappa shape index (κ2) is 6.84. The van der Waals surface area contributed by atoms with Crippen molar-refractivity contribution in [1.82, 2.24) is 14.5 Å². The molecule has 0 aromatic carbocycles. The second-order valence-corrected chi connectivity index (χ2v) is 4.96. The van der Waals surface area contributed by atoms with Crippen molar-refractivity contribution in [2.24, 2.45) is 12.8 Å². The van der Waals surface area contributed by atoms with Gasteiger partial charge in [0.1, 0.15) is 0 Å². The van der Waals surface area contributed by atoms with Crippen LogP contribution in [-0.4, -0.2) is 33.5 Å². The van der Waals surface area contributed by atoms with Crippen LogP contribution in [0.5, 0.6) is 0 Å². The van der Waals surface area contributed by atoms with Crippen molar-refractivity contribution < 1.29 is 4.79 Å². The van der Waals surface area contributed by atoms with E-state index in [0.29, 0.717) is 18.2 Å². The average Bonchev–Trinajstić information content (AvgIpc) is 2.50. The molecule has 1 amide bonds. The summed E-state index contributed by atoms with van der Waals surface area (Å²) in [5.41, 5.74) is 6.45. The molecule has 2 aromatic heterocycles. The molecule has 0 bridgehead atoms. The average molecular weight is 301 g/mol. The van der Waals surface area contributed by atoms with Gasteiger partial charge in [-0.15, -0.1) is 0 Å². The fourth-order valence-corrected chi connectivity index (χ4v) is 2.19. The third-order valence-corrected chi connectivity index (χ3v) is 3.21. The van der Waals surface area contributed by atoms with E-state index in [-0.39, 0.29) is 12.1 Å². The van der Waals surface area contributed by atoms with Gasteiger partial charge in [0, 0.05) is 37.6 Å². The number of hydrogen-bond donors (Lipinski definition) is 1. The quantitative estimate of drug-likeness (QED) is 0.840. The van der Waals surface area contributed by atoms with Crippen LogP contribution >= 0.6 is 0 Å². The minimum atomic E-state index is -0.461. The van der Waals surface area contributed by atoms with Crippen molar-refractivity contribution in [1.29, 1.82) is 0 Å². The van der Waals surface area contributed by atoms with E-state index in [4.69, 9.17) is 5.73 Å². The zero-order valence-electron chi connectivity index (χ0n) is 12.7. The number of primary amides is 1. The summed E-state index contributed by atoms with van der Waals surface area (Å²) in [4.78, 5) is 33.7. The van der Waals surface area contributed by atoms with Gasteiger partial charge in [0.2, 0.25) is 11.9 Å². The maximum absolute atomic E-state index is 12.2. The number of nitrogens with zero attached hydrogens (tertiary/aromatic N) is 4. The van der Waals surface area contributed by atoms with E-state index in [9.17, 15) is 9.59 Å². The summed E-state index contributed by atoms with van der Waals surface area (Å²) in [5.74, 6) is -0.0306. The Kier molecular flexibility index (Phi) is 4.88. The van der Waals surface area contributed by atoms with Crippen LogP contribution in [0.2, 0.25) is 0 Å². The topological polar surface area (TPSA) is 94.1 Å². The molecule has 0 fully saturated rings. The Hall–Kier alpha value is -2.70. The van der Waals surface area contributed by atoms with E-state index >= 15 is 0 Å². The minimum absolute atomic E-state index is 0.0217. The zero-order chi connectivity index (χ0) is 16.1. The first-order valence-corrected chi connectivity index (χ1v) is 7.04. The van der Waals surface area contributed by atoms with Gasteiger partial charge < -0.3 is 10.6 Å². The number of nitrogens with two attached hydrogens (primary N) is 1. The number of aromatic nitrogens is 3. The van der Waals surface area contributed by atoms with Crippen molar-refractivity contribution >= 4 is 11.9 Å². The molecule has 0 unspecified atom stereocenters. The van der Waals surface area contributed by atoms with Gasteiger partial charge in [-0.1, -0.05) is 6.92 Å². The minimum Gasteiger partial charge on any atom is -0.368 e. The molecule has 0 saturated carbocycles. The number of pyridine rings is 1. The molecule has 22 heavy (non-hydrogen) atoms. The van der Waals surface area contributed by atoms with Gasteiger partial charge in [-0.3, -0.25) is 19.1 Å². The van der Waals surface area contributed by atoms with Crippen LogP contribution in [0.3, 0.4) is 0 Å². The molecule has 0 aliphatic carbocycles. The lowest BCUT2D eigenvalue weighted by Gasteiger charge is -2.23. The van der Waals surface area contributed by atoms with E-state index in [0.717, 1.165) is 12.0 Å². The molecular weight excluding hydrogens is 282 g/mol. The van der Waals surface area contributed by atoms with Crippen molar-refractivity contribution in [3.63, 3.8) is 0 Å². The number of amides is 1. The molecule has 2 rings (SSSR count). The summed E-state index contributed by atoms with van der Waals surface area (Å²) in [6, 6.07) is 5.03. The Morgan fingerprint density at radius 3 is 2.64 bits per heavy atom. The molecule has 116 valence electrons. The zero-order valence-corrected chi connectivity index (χ0v) is 12.7. The van der Waals surface area contributed by atoms with Crippen LogP contribution < -0.4 is 16.2 Å². The highest BCUT2D eigenvalue weighted by Gasteiger charge is 2.15. The van der Waals surface area contributed by atoms with E-state index < -0.39 is 5.91 Å². The Morgan fingerprint density at radius 2 is 2.05 bits per heavy atom. The predicted octanol–water partition coefficient (Wildman–Crippen LogP) is 0.544. The number of hydrogen-bond acceptors (Lipinski definition) is 5. The third-order valence-electron chi connectivity index (χ3n) is 3.21. The Bertz CT molecular complexity index is 712. The largest absolute Gasteiger partial charge is 0.368 e. The van der Waals surface area contributed by atoms with Gasteiger partial charge in [-0.2, -0.15) is 0 Å². The molecule has 0 spiro atoms. The summed E-state index contributed by atoms with van der Waals surface area (Å²) >= 11 is 0. The fraction of sp³-hybridized carbons (Fsp3) is 0.333. The van der Waals surface area contributed by atoms with Crippen molar-refractivity contribution in [2.75, 3.05) is 18.0 Å². The Balaban J connectivity index is 2.52. The monoisotopic (exact) mass is 301 g/mol. The van der Waals surface area contributed by atoms with Crippen LogP contribution in [-0.2, 0) is 11.8 Å². The van der Waals surface area contributed by atoms with E-state index in [2.05, 4.69) is 9.97 Å². The van der Waals surface area contributed by atoms with E-state index in [1.165, 1.54) is 10.6 Å². The van der Waals surface area contributed by atoms with Crippen LogP contribution in [0, 0.1) is 0 Å². The highest BCUT2D eigenvalue weighted by Crippen LogP contribution is 2.17. The van der Waals surface area contributed by atoms with Gasteiger partial charge in [0.05, 0.1) is 12.2 Å². The molecular formula is C15H19N5O2. The number of rotatable bonds is 6. The lowest BCUT2D eigenvalue weighted by atomic mass is 10.2. The number of carbonyl (C=O) groups is 1. The number of carbonyl (C=O) groups excluding carboxylic acids is 1. The smallest absolute Gasteiger partial charge is 0.255 e. The molecule has 2 aromatic rings. The molecule has 7 nitrogen and oxygen atoms in total. The van der Waals surface area contributed by atoms with Crippen LogP contribution in [0.25, 0.3) is 11.3 Å². The lowest BCUT2D eigenvalue weighted by Crippen LogP contribution is -2.38. The highest BCUT2D eigenvalue weighted by atomic mass is 16.1. The summed E-state index contributed by atoms with van der Waals surface area (Å²) in [6.07, 6.45) is 4.09. The molecule has 0 aliphatic rings. The third kappa shape index (κ3) is 3.49. The van der Waals surface area contributed by atoms with Crippen LogP contribution in [0.15, 0.2) is 35.4 Å². The molecule has 0 atom stereocenters. The van der Waals surface area contributed by atoms with Gasteiger partial charge in [-0.25, -0.2) is 4.98 Å². The molecule has 0 saturated heterocycles. The van der Waals surface area contributed by atoms with Gasteiger partial charge in [-0.05, 0) is 18.6 Å². The van der Waals surface area contributed by atoms with Gasteiger partial charge in [0.15, 0.2) is 0 Å². The Labute approximate surface area is 128 Å². The standard InChI is InChI=1S/C15H19N5O2/c1-3-8-20(10-13(16)21)15-18-12(9-14(22)19(15)2)11-4-6-17-7-5-11/h4-7,9H,3,8,10H2,1-2H3,(H2,16,21). The summed E-state index contributed by atoms with van der Waals surface area (Å²) in [6.45, 7) is 2.59. The predicted molar refractivity (Wildman–Crippen MR) is 84.4 cm³/mol. The first-order chi connectivity index (χ1) is 10.5. The van der Waals surface area contributed by atoms with E-state index in [1.807, 2.05) is 6.92 Å². The summed E-state index contributed by atoms with van der Waals surface area (Å²) in [7, 11) is 1.63. The first kappa shape index (κ1) is 15.7. The molecule has 0 radical (unpaired) electrons. The molecule has 0 aliphatic heterocycles. The second-order valence-electron chi connectivity index (χ2n) is 4.96. The van der Waals surface area contributed by atoms with E-state index in [1.54, 1.807) is 36.5 Å². The van der Waals surface area contributed by atoms with Gasteiger partial charge in [0.25, 0.3) is 5.56 Å². The van der Waals surface area contributed by atoms with Crippen LogP contribution in [0.4, 0.5) is 5.95 Å². The SMILES string of the molecule is CCCN(CC(N)=O)c1nc(-c2ccncc2)cc(=O)n1C.